The molecule has 0 bridgehead atoms. The summed E-state index contributed by atoms with van der Waals surface area (Å²) in [6, 6.07) is 10.1. The van der Waals surface area contributed by atoms with Crippen LogP contribution in [0.1, 0.15) is 81.5 Å². The first-order valence-corrected chi connectivity index (χ1v) is 17.5. The average molecular weight is 619 g/mol. The standard InChI is InChI=1S/C33H50O9Si/c1-32(2,3)42-31(35)23-14-12-15-26(20-23)39-18-13-16-25(17-19-40-43(10,11)33(4,5)6)41-30(34)24-21-27(36-7)29(38-9)28(22-24)37-8/h12,14-15,20-22,25H,13,16-19H2,1-11H3. The van der Waals surface area contributed by atoms with Crippen LogP contribution in [0.4, 0.5) is 0 Å². The third-order valence-electron chi connectivity index (χ3n) is 7.29. The normalized spacial score (nSPS) is 12.7. The monoisotopic (exact) mass is 618 g/mol. The van der Waals surface area contributed by atoms with Gasteiger partial charge in [0, 0.05) is 13.0 Å². The summed E-state index contributed by atoms with van der Waals surface area (Å²) in [6.45, 7) is 17.3. The Morgan fingerprint density at radius 2 is 1.42 bits per heavy atom. The van der Waals surface area contributed by atoms with Crippen molar-refractivity contribution in [1.29, 1.82) is 0 Å². The minimum atomic E-state index is -1.97. The van der Waals surface area contributed by atoms with Crippen molar-refractivity contribution in [2.75, 3.05) is 34.5 Å². The Balaban J connectivity index is 2.11. The van der Waals surface area contributed by atoms with Gasteiger partial charge in [0.1, 0.15) is 17.5 Å². The van der Waals surface area contributed by atoms with Crippen molar-refractivity contribution in [2.24, 2.45) is 0 Å². The molecule has 0 N–H and O–H groups in total. The highest BCUT2D eigenvalue weighted by Crippen LogP contribution is 2.39. The molecule has 1 atom stereocenters. The largest absolute Gasteiger partial charge is 0.494 e. The molecule has 9 nitrogen and oxygen atoms in total. The van der Waals surface area contributed by atoms with Gasteiger partial charge in [0.15, 0.2) is 19.8 Å². The van der Waals surface area contributed by atoms with Crippen LogP contribution in [0.2, 0.25) is 18.1 Å². The lowest BCUT2D eigenvalue weighted by molar-refractivity contribution is 0.00685. The van der Waals surface area contributed by atoms with E-state index in [1.807, 2.05) is 20.8 Å². The topological polar surface area (TPSA) is 98.8 Å². The Morgan fingerprint density at radius 1 is 0.791 bits per heavy atom. The zero-order valence-electron chi connectivity index (χ0n) is 27.8. The van der Waals surface area contributed by atoms with Crippen LogP contribution < -0.4 is 18.9 Å². The Morgan fingerprint density at radius 3 is 1.95 bits per heavy atom. The molecule has 0 aliphatic rings. The molecule has 0 saturated heterocycles. The average Bonchev–Trinajstić information content (AvgIpc) is 2.92. The van der Waals surface area contributed by atoms with Crippen LogP contribution in [0.25, 0.3) is 0 Å². The SMILES string of the molecule is COc1cc(C(=O)OC(CCCOc2cccc(C(=O)OC(C)(C)C)c2)CCO[Si](C)(C)C(C)(C)C)cc(OC)c1OC. The molecule has 43 heavy (non-hydrogen) atoms. The van der Waals surface area contributed by atoms with E-state index in [4.69, 9.17) is 32.8 Å². The van der Waals surface area contributed by atoms with Gasteiger partial charge in [-0.15, -0.1) is 0 Å². The van der Waals surface area contributed by atoms with Crippen LogP contribution in [0, 0.1) is 0 Å². The fourth-order valence-corrected chi connectivity index (χ4v) is 4.95. The van der Waals surface area contributed by atoms with Crippen molar-refractivity contribution in [2.45, 2.75) is 90.6 Å². The lowest BCUT2D eigenvalue weighted by atomic mass is 10.1. The molecule has 0 amide bonds. The quantitative estimate of drug-likeness (QED) is 0.114. The second-order valence-corrected chi connectivity index (χ2v) is 17.7. The van der Waals surface area contributed by atoms with Crippen molar-refractivity contribution in [1.82, 2.24) is 0 Å². The number of benzene rings is 2. The van der Waals surface area contributed by atoms with E-state index in [0.29, 0.717) is 66.6 Å². The molecule has 240 valence electrons. The molecule has 2 rings (SSSR count). The maximum atomic E-state index is 13.3. The summed E-state index contributed by atoms with van der Waals surface area (Å²) in [7, 11) is 2.53. The summed E-state index contributed by atoms with van der Waals surface area (Å²) in [5, 5.41) is 0.0665. The van der Waals surface area contributed by atoms with Crippen LogP contribution in [-0.2, 0) is 13.9 Å². The van der Waals surface area contributed by atoms with Gasteiger partial charge in [0.25, 0.3) is 0 Å². The van der Waals surface area contributed by atoms with Crippen molar-refractivity contribution in [3.8, 4) is 23.0 Å². The first-order chi connectivity index (χ1) is 20.0. The van der Waals surface area contributed by atoms with Gasteiger partial charge in [-0.1, -0.05) is 26.8 Å². The highest BCUT2D eigenvalue weighted by atomic mass is 28.4. The summed E-state index contributed by atoms with van der Waals surface area (Å²) >= 11 is 0. The maximum Gasteiger partial charge on any atom is 0.338 e. The Kier molecular flexibility index (Phi) is 12.9. The smallest absolute Gasteiger partial charge is 0.338 e. The summed E-state index contributed by atoms with van der Waals surface area (Å²) in [5.41, 5.74) is 0.129. The van der Waals surface area contributed by atoms with Gasteiger partial charge < -0.3 is 32.8 Å². The zero-order valence-corrected chi connectivity index (χ0v) is 28.8. The Labute approximate surface area is 258 Å². The summed E-state index contributed by atoms with van der Waals surface area (Å²) in [4.78, 5) is 25.7. The molecule has 0 saturated carbocycles. The number of esters is 2. The fraction of sp³-hybridized carbons (Fsp3) is 0.576. The molecule has 0 fully saturated rings. The summed E-state index contributed by atoms with van der Waals surface area (Å²) < 4.78 is 39.9. The minimum absolute atomic E-state index is 0.0665. The predicted octanol–water partition coefficient (Wildman–Crippen LogP) is 7.46. The Bertz CT molecular complexity index is 1190. The second-order valence-electron chi connectivity index (χ2n) is 12.9. The number of carbonyl (C=O) groups excluding carboxylic acids is 2. The number of methoxy groups -OCH3 is 3. The molecule has 0 aromatic heterocycles. The number of ether oxygens (including phenoxy) is 6. The van der Waals surface area contributed by atoms with Gasteiger partial charge in [-0.25, -0.2) is 9.59 Å². The van der Waals surface area contributed by atoms with E-state index in [0.717, 1.165) is 0 Å². The van der Waals surface area contributed by atoms with E-state index in [-0.39, 0.29) is 5.04 Å². The summed E-state index contributed by atoms with van der Waals surface area (Å²) in [5.74, 6) is 0.799. The van der Waals surface area contributed by atoms with E-state index in [2.05, 4.69) is 33.9 Å². The molecule has 1 unspecified atom stereocenters. The van der Waals surface area contributed by atoms with Gasteiger partial charge >= 0.3 is 11.9 Å². The molecular formula is C33H50O9Si. The molecule has 0 heterocycles. The molecular weight excluding hydrogens is 568 g/mol. The fourth-order valence-electron chi connectivity index (χ4n) is 3.89. The van der Waals surface area contributed by atoms with Crippen LogP contribution in [0.15, 0.2) is 36.4 Å². The van der Waals surface area contributed by atoms with E-state index in [1.165, 1.54) is 21.3 Å². The molecule has 0 spiro atoms. The molecule has 0 aliphatic heterocycles. The predicted molar refractivity (Wildman–Crippen MR) is 169 cm³/mol. The van der Waals surface area contributed by atoms with Gasteiger partial charge in [0.2, 0.25) is 5.75 Å². The first-order valence-electron chi connectivity index (χ1n) is 14.6. The zero-order chi connectivity index (χ0) is 32.4. The molecule has 2 aromatic carbocycles. The van der Waals surface area contributed by atoms with E-state index in [9.17, 15) is 9.59 Å². The van der Waals surface area contributed by atoms with E-state index >= 15 is 0 Å². The molecule has 0 aliphatic carbocycles. The van der Waals surface area contributed by atoms with Crippen molar-refractivity contribution in [3.63, 3.8) is 0 Å². The molecule has 0 radical (unpaired) electrons. The third-order valence-corrected chi connectivity index (χ3v) is 11.8. The number of hydrogen-bond donors (Lipinski definition) is 0. The number of rotatable bonds is 15. The van der Waals surface area contributed by atoms with E-state index < -0.39 is 32.0 Å². The van der Waals surface area contributed by atoms with Crippen molar-refractivity contribution < 1.29 is 42.4 Å². The molecule has 10 heteroatoms. The van der Waals surface area contributed by atoms with Crippen molar-refractivity contribution >= 4 is 20.3 Å². The highest BCUT2D eigenvalue weighted by molar-refractivity contribution is 6.74. The lowest BCUT2D eigenvalue weighted by Gasteiger charge is -2.36. The third kappa shape index (κ3) is 11.1. The van der Waals surface area contributed by atoms with Crippen LogP contribution in [0.5, 0.6) is 23.0 Å². The van der Waals surface area contributed by atoms with Crippen LogP contribution >= 0.6 is 0 Å². The van der Waals surface area contributed by atoms with Gasteiger partial charge in [-0.3, -0.25) is 0 Å². The second kappa shape index (κ2) is 15.5. The Hall–Kier alpha value is -3.24. The van der Waals surface area contributed by atoms with Gasteiger partial charge in [0.05, 0.1) is 39.1 Å². The van der Waals surface area contributed by atoms with Crippen molar-refractivity contribution in [3.05, 3.63) is 47.5 Å². The van der Waals surface area contributed by atoms with Crippen LogP contribution in [-0.4, -0.2) is 66.5 Å². The molecule has 2 aromatic rings. The first kappa shape index (κ1) is 36.0. The van der Waals surface area contributed by atoms with Gasteiger partial charge in [-0.05, 0) is 82.1 Å². The summed E-state index contributed by atoms with van der Waals surface area (Å²) in [6.07, 6.45) is 1.30. The number of hydrogen-bond acceptors (Lipinski definition) is 9. The maximum absolute atomic E-state index is 13.3. The van der Waals surface area contributed by atoms with Crippen LogP contribution in [0.3, 0.4) is 0 Å². The minimum Gasteiger partial charge on any atom is -0.494 e. The number of carbonyl (C=O) groups is 2. The lowest BCUT2D eigenvalue weighted by Crippen LogP contribution is -2.41. The van der Waals surface area contributed by atoms with E-state index in [1.54, 1.807) is 36.4 Å². The van der Waals surface area contributed by atoms with Gasteiger partial charge in [-0.2, -0.15) is 0 Å². The highest BCUT2D eigenvalue weighted by Gasteiger charge is 2.37.